The third-order valence-electron chi connectivity index (χ3n) is 2.29. The van der Waals surface area contributed by atoms with Gasteiger partial charge in [-0.1, -0.05) is 25.5 Å². The van der Waals surface area contributed by atoms with Gasteiger partial charge in [0, 0.05) is 6.07 Å². The van der Waals surface area contributed by atoms with E-state index in [4.69, 9.17) is 4.74 Å². The van der Waals surface area contributed by atoms with Crippen LogP contribution in [0, 0.1) is 0 Å². The van der Waals surface area contributed by atoms with Crippen LogP contribution in [0.5, 0.6) is 11.6 Å². The molecule has 3 nitrogen and oxygen atoms in total. The molecule has 1 heterocycles. The number of aromatic nitrogens is 2. The summed E-state index contributed by atoms with van der Waals surface area (Å²) in [5, 5.41) is 0. The highest BCUT2D eigenvalue weighted by atomic mass is 79.9. The molecule has 0 atom stereocenters. The molecule has 0 aliphatic carbocycles. The van der Waals surface area contributed by atoms with E-state index in [1.54, 1.807) is 6.07 Å². The third kappa shape index (κ3) is 3.53. The minimum absolute atomic E-state index is 0.537. The number of rotatable bonds is 4. The first kappa shape index (κ1) is 12.0. The fraction of sp³-hybridized carbons (Fsp3) is 0.231. The Morgan fingerprint density at radius 2 is 1.94 bits per heavy atom. The molecule has 0 saturated heterocycles. The quantitative estimate of drug-likeness (QED) is 0.800. The molecule has 0 radical (unpaired) electrons. The first-order chi connectivity index (χ1) is 8.28. The number of ether oxygens (including phenoxy) is 1. The topological polar surface area (TPSA) is 35.0 Å². The lowest BCUT2D eigenvalue weighted by molar-refractivity contribution is 0.460. The minimum atomic E-state index is 0.537. The highest BCUT2D eigenvalue weighted by Gasteiger charge is 2.00. The summed E-state index contributed by atoms with van der Waals surface area (Å²) in [6.45, 7) is 2.17. The van der Waals surface area contributed by atoms with Crippen LogP contribution in [-0.4, -0.2) is 9.97 Å². The molecule has 2 rings (SSSR count). The van der Waals surface area contributed by atoms with Crippen LogP contribution in [-0.2, 0) is 6.42 Å². The standard InChI is InChI=1S/C13H13BrN2O/c1-2-3-10-4-6-11(7-5-10)17-13-8-12(14)15-9-16-13/h4-9H,2-3H2,1H3. The number of aryl methyl sites for hydroxylation is 1. The average Bonchev–Trinajstić information content (AvgIpc) is 2.32. The zero-order chi connectivity index (χ0) is 12.1. The SMILES string of the molecule is CCCc1ccc(Oc2cc(Br)ncn2)cc1. The average molecular weight is 293 g/mol. The Kier molecular flexibility index (Phi) is 4.09. The molecular weight excluding hydrogens is 280 g/mol. The summed E-state index contributed by atoms with van der Waals surface area (Å²) in [5.74, 6) is 1.32. The van der Waals surface area contributed by atoms with Crippen molar-refractivity contribution >= 4 is 15.9 Å². The second-order valence-electron chi connectivity index (χ2n) is 3.67. The molecule has 1 aromatic carbocycles. The first-order valence-corrected chi connectivity index (χ1v) is 6.31. The second-order valence-corrected chi connectivity index (χ2v) is 4.49. The van der Waals surface area contributed by atoms with Crippen molar-refractivity contribution in [1.82, 2.24) is 9.97 Å². The van der Waals surface area contributed by atoms with Gasteiger partial charge in [-0.2, -0.15) is 0 Å². The minimum Gasteiger partial charge on any atom is -0.439 e. The fourth-order valence-corrected chi connectivity index (χ4v) is 1.79. The van der Waals surface area contributed by atoms with Gasteiger partial charge >= 0.3 is 0 Å². The first-order valence-electron chi connectivity index (χ1n) is 5.52. The lowest BCUT2D eigenvalue weighted by Crippen LogP contribution is -1.89. The van der Waals surface area contributed by atoms with Crippen LogP contribution in [0.1, 0.15) is 18.9 Å². The third-order valence-corrected chi connectivity index (χ3v) is 2.73. The molecule has 4 heteroatoms. The Balaban J connectivity index is 2.08. The maximum atomic E-state index is 5.61. The largest absolute Gasteiger partial charge is 0.439 e. The molecule has 88 valence electrons. The summed E-state index contributed by atoms with van der Waals surface area (Å²) in [4.78, 5) is 7.98. The molecule has 0 fully saturated rings. The van der Waals surface area contributed by atoms with Gasteiger partial charge < -0.3 is 4.74 Å². The number of nitrogens with zero attached hydrogens (tertiary/aromatic N) is 2. The Morgan fingerprint density at radius 3 is 2.59 bits per heavy atom. The van der Waals surface area contributed by atoms with Gasteiger partial charge in [0.15, 0.2) is 0 Å². The van der Waals surface area contributed by atoms with Crippen LogP contribution in [0.15, 0.2) is 41.3 Å². The summed E-state index contributed by atoms with van der Waals surface area (Å²) in [6.07, 6.45) is 3.71. The molecule has 0 amide bonds. The normalized spacial score (nSPS) is 10.2. The second kappa shape index (κ2) is 5.77. The molecule has 0 bridgehead atoms. The molecule has 0 aliphatic heterocycles. The lowest BCUT2D eigenvalue weighted by Gasteiger charge is -2.05. The highest BCUT2D eigenvalue weighted by Crippen LogP contribution is 2.21. The van der Waals surface area contributed by atoms with Gasteiger partial charge in [0.2, 0.25) is 5.88 Å². The van der Waals surface area contributed by atoms with Crippen LogP contribution in [0.2, 0.25) is 0 Å². The summed E-state index contributed by atoms with van der Waals surface area (Å²) in [7, 11) is 0. The maximum absolute atomic E-state index is 5.61. The maximum Gasteiger partial charge on any atom is 0.223 e. The Bertz CT molecular complexity index is 485. The lowest BCUT2D eigenvalue weighted by atomic mass is 10.1. The smallest absolute Gasteiger partial charge is 0.223 e. The van der Waals surface area contributed by atoms with Crippen molar-refractivity contribution in [3.8, 4) is 11.6 Å². The van der Waals surface area contributed by atoms with Gasteiger partial charge in [-0.25, -0.2) is 9.97 Å². The molecule has 0 aliphatic rings. The monoisotopic (exact) mass is 292 g/mol. The van der Waals surface area contributed by atoms with E-state index in [2.05, 4.69) is 45.0 Å². The van der Waals surface area contributed by atoms with Crippen LogP contribution in [0.25, 0.3) is 0 Å². The predicted octanol–water partition coefficient (Wildman–Crippen LogP) is 3.98. The summed E-state index contributed by atoms with van der Waals surface area (Å²) in [6, 6.07) is 9.81. The van der Waals surface area contributed by atoms with Crippen molar-refractivity contribution < 1.29 is 4.74 Å². The van der Waals surface area contributed by atoms with E-state index in [9.17, 15) is 0 Å². The van der Waals surface area contributed by atoms with Crippen LogP contribution < -0.4 is 4.74 Å². The highest BCUT2D eigenvalue weighted by molar-refractivity contribution is 9.10. The van der Waals surface area contributed by atoms with Crippen molar-refractivity contribution in [2.24, 2.45) is 0 Å². The fourth-order valence-electron chi connectivity index (χ4n) is 1.51. The van der Waals surface area contributed by atoms with E-state index in [0.717, 1.165) is 18.6 Å². The molecule has 2 aromatic rings. The van der Waals surface area contributed by atoms with E-state index >= 15 is 0 Å². The van der Waals surface area contributed by atoms with Crippen LogP contribution in [0.4, 0.5) is 0 Å². The van der Waals surface area contributed by atoms with Gasteiger partial charge in [-0.15, -0.1) is 0 Å². The van der Waals surface area contributed by atoms with Gasteiger partial charge in [0.05, 0.1) is 0 Å². The van der Waals surface area contributed by atoms with Crippen LogP contribution >= 0.6 is 15.9 Å². The Morgan fingerprint density at radius 1 is 1.18 bits per heavy atom. The summed E-state index contributed by atoms with van der Waals surface area (Å²) in [5.41, 5.74) is 1.32. The summed E-state index contributed by atoms with van der Waals surface area (Å²) >= 11 is 3.28. The molecule has 0 saturated carbocycles. The molecule has 0 spiro atoms. The number of halogens is 1. The zero-order valence-electron chi connectivity index (χ0n) is 9.56. The zero-order valence-corrected chi connectivity index (χ0v) is 11.1. The van der Waals surface area contributed by atoms with E-state index in [1.165, 1.54) is 11.9 Å². The van der Waals surface area contributed by atoms with Crippen molar-refractivity contribution in [2.75, 3.05) is 0 Å². The predicted molar refractivity (Wildman–Crippen MR) is 70.2 cm³/mol. The number of benzene rings is 1. The molecule has 17 heavy (non-hydrogen) atoms. The van der Waals surface area contributed by atoms with Gasteiger partial charge in [-0.3, -0.25) is 0 Å². The van der Waals surface area contributed by atoms with Gasteiger partial charge in [-0.05, 0) is 40.0 Å². The van der Waals surface area contributed by atoms with Crippen molar-refractivity contribution in [3.63, 3.8) is 0 Å². The molecular formula is C13H13BrN2O. The van der Waals surface area contributed by atoms with Crippen LogP contribution in [0.3, 0.4) is 0 Å². The Labute approximate surface area is 109 Å². The Hall–Kier alpha value is -1.42. The van der Waals surface area contributed by atoms with E-state index < -0.39 is 0 Å². The van der Waals surface area contributed by atoms with Crippen molar-refractivity contribution in [2.45, 2.75) is 19.8 Å². The molecule has 1 aromatic heterocycles. The van der Waals surface area contributed by atoms with E-state index in [1.807, 2.05) is 12.1 Å². The van der Waals surface area contributed by atoms with E-state index in [0.29, 0.717) is 10.5 Å². The number of hydrogen-bond donors (Lipinski definition) is 0. The van der Waals surface area contributed by atoms with E-state index in [-0.39, 0.29) is 0 Å². The van der Waals surface area contributed by atoms with Gasteiger partial charge in [0.25, 0.3) is 0 Å². The summed E-state index contributed by atoms with van der Waals surface area (Å²) < 4.78 is 6.32. The van der Waals surface area contributed by atoms with Gasteiger partial charge in [0.1, 0.15) is 16.7 Å². The molecule has 0 N–H and O–H groups in total. The van der Waals surface area contributed by atoms with Crippen molar-refractivity contribution in [3.05, 3.63) is 46.8 Å². The number of hydrogen-bond acceptors (Lipinski definition) is 3. The molecule has 0 unspecified atom stereocenters. The van der Waals surface area contributed by atoms with Crippen molar-refractivity contribution in [1.29, 1.82) is 0 Å².